The number of rotatable bonds is 7. The quantitative estimate of drug-likeness (QED) is 0.774. The molecule has 0 saturated carbocycles. The van der Waals surface area contributed by atoms with Crippen LogP contribution < -0.4 is 10.2 Å². The van der Waals surface area contributed by atoms with E-state index < -0.39 is 0 Å². The summed E-state index contributed by atoms with van der Waals surface area (Å²) in [6.45, 7) is 9.37. The summed E-state index contributed by atoms with van der Waals surface area (Å²) in [4.78, 5) is 8.08. The summed E-state index contributed by atoms with van der Waals surface area (Å²) in [5.74, 6) is 0. The van der Waals surface area contributed by atoms with Crippen molar-refractivity contribution in [1.82, 2.24) is 10.3 Å². The summed E-state index contributed by atoms with van der Waals surface area (Å²) >= 11 is 5.38. The average molecular weight is 368 g/mol. The molecule has 5 heteroatoms. The number of hydrogen-bond acceptors (Lipinski definition) is 4. The zero-order valence-electron chi connectivity index (χ0n) is 12.8. The lowest BCUT2D eigenvalue weighted by Gasteiger charge is -2.16. The van der Waals surface area contributed by atoms with Crippen LogP contribution in [-0.4, -0.2) is 18.1 Å². The van der Waals surface area contributed by atoms with E-state index in [0.29, 0.717) is 6.04 Å². The first-order valence-electron chi connectivity index (χ1n) is 7.33. The third-order valence-electron chi connectivity index (χ3n) is 3.53. The zero-order valence-corrected chi connectivity index (χ0v) is 15.2. The molecule has 1 heterocycles. The van der Waals surface area contributed by atoms with E-state index in [1.807, 2.05) is 12.3 Å². The topological polar surface area (TPSA) is 28.2 Å². The van der Waals surface area contributed by atoms with E-state index >= 15 is 0 Å². The second-order valence-electron chi connectivity index (χ2n) is 4.91. The van der Waals surface area contributed by atoms with E-state index in [1.165, 1.54) is 10.4 Å². The van der Waals surface area contributed by atoms with Crippen molar-refractivity contribution in [1.29, 1.82) is 0 Å². The van der Waals surface area contributed by atoms with E-state index in [0.717, 1.165) is 29.2 Å². The van der Waals surface area contributed by atoms with Crippen LogP contribution in [0.5, 0.6) is 0 Å². The molecule has 0 aliphatic carbocycles. The SMILES string of the molecule is CCN(CC)c1ncc(CN[C@@H](C)c2ccccc2Br)s1. The average Bonchev–Trinajstić information content (AvgIpc) is 2.95. The highest BCUT2D eigenvalue weighted by atomic mass is 79.9. The van der Waals surface area contributed by atoms with Gasteiger partial charge in [-0.05, 0) is 32.4 Å². The molecule has 0 aliphatic rings. The molecule has 0 spiro atoms. The normalized spacial score (nSPS) is 12.4. The van der Waals surface area contributed by atoms with Gasteiger partial charge in [0, 0.05) is 41.2 Å². The minimum Gasteiger partial charge on any atom is -0.349 e. The lowest BCUT2D eigenvalue weighted by Crippen LogP contribution is -2.21. The molecular formula is C16H22BrN3S. The van der Waals surface area contributed by atoms with Crippen molar-refractivity contribution in [2.45, 2.75) is 33.4 Å². The minimum atomic E-state index is 0.305. The zero-order chi connectivity index (χ0) is 15.2. The van der Waals surface area contributed by atoms with Gasteiger partial charge in [0.05, 0.1) is 0 Å². The number of aromatic nitrogens is 1. The van der Waals surface area contributed by atoms with E-state index in [2.05, 4.69) is 70.1 Å². The Kier molecular flexibility index (Phi) is 6.21. The fourth-order valence-electron chi connectivity index (χ4n) is 2.21. The smallest absolute Gasteiger partial charge is 0.185 e. The first-order chi connectivity index (χ1) is 10.2. The Morgan fingerprint density at radius 1 is 1.29 bits per heavy atom. The van der Waals surface area contributed by atoms with Crippen LogP contribution in [0.15, 0.2) is 34.9 Å². The minimum absolute atomic E-state index is 0.305. The molecule has 0 fully saturated rings. The molecule has 0 unspecified atom stereocenters. The monoisotopic (exact) mass is 367 g/mol. The van der Waals surface area contributed by atoms with Gasteiger partial charge in [0.2, 0.25) is 0 Å². The number of nitrogens with zero attached hydrogens (tertiary/aromatic N) is 2. The van der Waals surface area contributed by atoms with Gasteiger partial charge in [0.1, 0.15) is 0 Å². The molecule has 1 atom stereocenters. The van der Waals surface area contributed by atoms with Crippen molar-refractivity contribution >= 4 is 32.4 Å². The highest BCUT2D eigenvalue weighted by molar-refractivity contribution is 9.10. The van der Waals surface area contributed by atoms with E-state index in [1.54, 1.807) is 11.3 Å². The van der Waals surface area contributed by atoms with Gasteiger partial charge in [-0.25, -0.2) is 4.98 Å². The number of anilines is 1. The van der Waals surface area contributed by atoms with Crippen molar-refractivity contribution in [2.24, 2.45) is 0 Å². The summed E-state index contributed by atoms with van der Waals surface area (Å²) < 4.78 is 1.15. The van der Waals surface area contributed by atoms with Gasteiger partial charge < -0.3 is 10.2 Å². The number of hydrogen-bond donors (Lipinski definition) is 1. The second kappa shape index (κ2) is 7.92. The lowest BCUT2D eigenvalue weighted by molar-refractivity contribution is 0.576. The van der Waals surface area contributed by atoms with Gasteiger partial charge in [-0.1, -0.05) is 34.1 Å². The molecule has 1 aromatic carbocycles. The summed E-state index contributed by atoms with van der Waals surface area (Å²) in [7, 11) is 0. The number of nitrogens with one attached hydrogen (secondary N) is 1. The predicted octanol–water partition coefficient (Wildman–Crippen LogP) is 4.60. The maximum absolute atomic E-state index is 4.52. The fraction of sp³-hybridized carbons (Fsp3) is 0.438. The van der Waals surface area contributed by atoms with Gasteiger partial charge in [-0.15, -0.1) is 11.3 Å². The van der Waals surface area contributed by atoms with Gasteiger partial charge in [-0.2, -0.15) is 0 Å². The maximum atomic E-state index is 4.52. The predicted molar refractivity (Wildman–Crippen MR) is 95.1 cm³/mol. The van der Waals surface area contributed by atoms with Crippen molar-refractivity contribution < 1.29 is 0 Å². The summed E-state index contributed by atoms with van der Waals surface area (Å²) in [5, 5.41) is 4.68. The Labute approximate surface area is 139 Å². The number of thiazole rings is 1. The van der Waals surface area contributed by atoms with Crippen LogP contribution in [0.2, 0.25) is 0 Å². The first kappa shape index (κ1) is 16.5. The highest BCUT2D eigenvalue weighted by Gasteiger charge is 2.11. The molecule has 0 saturated heterocycles. The molecule has 0 radical (unpaired) electrons. The first-order valence-corrected chi connectivity index (χ1v) is 8.94. The summed E-state index contributed by atoms with van der Waals surface area (Å²) in [6.07, 6.45) is 1.98. The highest BCUT2D eigenvalue weighted by Crippen LogP contribution is 2.25. The molecular weight excluding hydrogens is 346 g/mol. The molecule has 1 aromatic heterocycles. The molecule has 1 N–H and O–H groups in total. The molecule has 3 nitrogen and oxygen atoms in total. The third kappa shape index (κ3) is 4.28. The fourth-order valence-corrected chi connectivity index (χ4v) is 3.83. The number of benzene rings is 1. The Morgan fingerprint density at radius 2 is 2.00 bits per heavy atom. The van der Waals surface area contributed by atoms with Gasteiger partial charge in [0.15, 0.2) is 5.13 Å². The molecule has 2 rings (SSSR count). The van der Waals surface area contributed by atoms with E-state index in [-0.39, 0.29) is 0 Å². The lowest BCUT2D eigenvalue weighted by atomic mass is 10.1. The summed E-state index contributed by atoms with van der Waals surface area (Å²) in [6, 6.07) is 8.65. The standard InChI is InChI=1S/C16H22BrN3S/c1-4-20(5-2)16-19-11-13(21-16)10-18-12(3)14-8-6-7-9-15(14)17/h6-9,11-12,18H,4-5,10H2,1-3H3/t12-/m0/s1. The van der Waals surface area contributed by atoms with Crippen molar-refractivity contribution in [3.8, 4) is 0 Å². The van der Waals surface area contributed by atoms with Crippen molar-refractivity contribution in [3.05, 3.63) is 45.4 Å². The number of halogens is 1. The molecule has 0 aliphatic heterocycles. The maximum Gasteiger partial charge on any atom is 0.185 e. The second-order valence-corrected chi connectivity index (χ2v) is 6.85. The van der Waals surface area contributed by atoms with Crippen molar-refractivity contribution in [3.63, 3.8) is 0 Å². The van der Waals surface area contributed by atoms with E-state index in [9.17, 15) is 0 Å². The largest absolute Gasteiger partial charge is 0.349 e. The van der Waals surface area contributed by atoms with Crippen LogP contribution in [0.3, 0.4) is 0 Å². The van der Waals surface area contributed by atoms with Gasteiger partial charge >= 0.3 is 0 Å². The van der Waals surface area contributed by atoms with Crippen LogP contribution in [0.4, 0.5) is 5.13 Å². The van der Waals surface area contributed by atoms with Gasteiger partial charge in [0.25, 0.3) is 0 Å². The molecule has 0 amide bonds. The van der Waals surface area contributed by atoms with Crippen LogP contribution in [0.1, 0.15) is 37.3 Å². The Bertz CT molecular complexity index is 566. The molecule has 0 bridgehead atoms. The van der Waals surface area contributed by atoms with Crippen LogP contribution >= 0.6 is 27.3 Å². The Hall–Kier alpha value is -0.910. The van der Waals surface area contributed by atoms with Gasteiger partial charge in [-0.3, -0.25) is 0 Å². The van der Waals surface area contributed by atoms with Crippen LogP contribution in [0.25, 0.3) is 0 Å². The Balaban J connectivity index is 1.96. The van der Waals surface area contributed by atoms with Crippen LogP contribution in [0, 0.1) is 0 Å². The Morgan fingerprint density at radius 3 is 2.67 bits per heavy atom. The molecule has 114 valence electrons. The van der Waals surface area contributed by atoms with Crippen molar-refractivity contribution in [2.75, 3.05) is 18.0 Å². The van der Waals surface area contributed by atoms with E-state index in [4.69, 9.17) is 0 Å². The molecule has 21 heavy (non-hydrogen) atoms. The summed E-state index contributed by atoms with van der Waals surface area (Å²) in [5.41, 5.74) is 1.28. The van der Waals surface area contributed by atoms with Crippen LogP contribution in [-0.2, 0) is 6.54 Å². The third-order valence-corrected chi connectivity index (χ3v) is 5.31. The molecule has 2 aromatic rings.